The van der Waals surface area contributed by atoms with Crippen LogP contribution >= 0.6 is 7.82 Å². The van der Waals surface area contributed by atoms with Crippen LogP contribution in [0.1, 0.15) is 107 Å². The van der Waals surface area contributed by atoms with E-state index in [1.807, 2.05) is 13.0 Å². The zero-order valence-electron chi connectivity index (χ0n) is 58.7. The predicted molar refractivity (Wildman–Crippen MR) is 350 cm³/mol. The standard InChI is InChI=1S/C64H104N5O33P/c1-27(2)34(73)18-17-29(4)15-16-30(5)19-22-63(9,10)21-13-12-14-28(3)20-23-90-37(56(84)85)26-92-103(88,89)102-61-51(52(101-62(67)86)64(11,87)53(100-61)55(66)83)99-58-39(69-33(8)72)42(76)49(36(95-58)25-91-59-46(80)43(77)40(74)35(24-70)94-59)97-57-38(68-32(7)71)41(75)48(31(6)93-57)96-60-47(81)44(78)45(79)50(98-60)54(65)82/h13,15,20-21,31,34-53,57-61,70,73-81,87H,1,5,12,14,16-19,22-26H2,2-4,6-11H3,(H2,65,82)(H2,66,83)(H2,67,86)(H,68,71)(H,69,72)(H,84,85)(H,88,89)/b21-13+,28-20-,29-15+/t31-,34?,35-,36-,37-,38-,39-,40-,41-,42-,43+,44+,45-,46-,47-,48-,49-,50+,51-,52-,53-,57+,58+,59-,60-,61-,64+/m1/s1. The number of phosphoric acid groups is 1. The van der Waals surface area contributed by atoms with Crippen molar-refractivity contribution in [1.29, 1.82) is 0 Å². The number of allylic oxidation sites excluding steroid dienone is 6. The summed E-state index contributed by atoms with van der Waals surface area (Å²) in [5, 5.41) is 135. The monoisotopic (exact) mass is 1500 g/mol. The molecule has 0 spiro atoms. The number of carbonyl (C=O) groups is 6. The maximum Gasteiger partial charge on any atom is 0.474 e. The lowest BCUT2D eigenvalue weighted by atomic mass is 9.85. The lowest BCUT2D eigenvalue weighted by molar-refractivity contribution is -0.375. The van der Waals surface area contributed by atoms with E-state index in [1.165, 1.54) is 6.92 Å². The van der Waals surface area contributed by atoms with E-state index in [0.717, 1.165) is 62.3 Å². The zero-order chi connectivity index (χ0) is 77.5. The van der Waals surface area contributed by atoms with Crippen molar-refractivity contribution >= 4 is 43.5 Å². The van der Waals surface area contributed by atoms with Crippen molar-refractivity contribution in [3.05, 3.63) is 59.8 Å². The van der Waals surface area contributed by atoms with Crippen molar-refractivity contribution in [3.8, 4) is 0 Å². The summed E-state index contributed by atoms with van der Waals surface area (Å²) in [4.78, 5) is 87.8. The van der Waals surface area contributed by atoms with Crippen molar-refractivity contribution in [2.24, 2.45) is 22.6 Å². The number of carboxylic acid groups (broad SMARTS) is 1. The van der Waals surface area contributed by atoms with Gasteiger partial charge >= 0.3 is 19.9 Å². The molecular formula is C64H104N5O33P. The van der Waals surface area contributed by atoms with Gasteiger partial charge in [0.05, 0.1) is 38.6 Å². The van der Waals surface area contributed by atoms with Crippen molar-refractivity contribution in [2.75, 3.05) is 26.4 Å². The van der Waals surface area contributed by atoms with Gasteiger partial charge in [-0.15, -0.1) is 0 Å². The summed E-state index contributed by atoms with van der Waals surface area (Å²) < 4.78 is 88.2. The molecule has 0 aromatic carbocycles. The average molecular weight is 1500 g/mol. The van der Waals surface area contributed by atoms with E-state index in [9.17, 15) is 99.5 Å². The second-order valence-electron chi connectivity index (χ2n) is 27.1. The summed E-state index contributed by atoms with van der Waals surface area (Å²) in [7, 11) is -5.83. The Bertz CT molecular complexity index is 3030. The first-order valence-corrected chi connectivity index (χ1v) is 34.6. The second kappa shape index (κ2) is 38.9. The normalized spacial score (nSPS) is 36.6. The third kappa shape index (κ3) is 24.8. The number of hydrogen-bond donors (Lipinski definition) is 18. The van der Waals surface area contributed by atoms with Gasteiger partial charge in [0.15, 0.2) is 62.0 Å². The minimum absolute atomic E-state index is 0.177. The van der Waals surface area contributed by atoms with Gasteiger partial charge < -0.3 is 146 Å². The lowest BCUT2D eigenvalue weighted by Gasteiger charge is -2.52. The molecule has 0 aromatic rings. The van der Waals surface area contributed by atoms with E-state index in [-0.39, 0.29) is 12.0 Å². The molecule has 5 heterocycles. The van der Waals surface area contributed by atoms with Crippen LogP contribution in [0.3, 0.4) is 0 Å². The number of phosphoric ester groups is 1. The molecule has 38 nitrogen and oxygen atoms in total. The molecule has 21 N–H and O–H groups in total. The quantitative estimate of drug-likeness (QED) is 0.0209. The van der Waals surface area contributed by atoms with E-state index in [0.29, 0.717) is 25.7 Å². The summed E-state index contributed by atoms with van der Waals surface area (Å²) in [6.07, 6.45) is -37.6. The van der Waals surface area contributed by atoms with Gasteiger partial charge in [0.2, 0.25) is 23.6 Å². The largest absolute Gasteiger partial charge is 0.479 e. The lowest BCUT2D eigenvalue weighted by Crippen LogP contribution is -2.72. The van der Waals surface area contributed by atoms with Crippen LogP contribution in [0.4, 0.5) is 4.79 Å². The van der Waals surface area contributed by atoms with Gasteiger partial charge in [-0.3, -0.25) is 28.2 Å². The molecule has 2 unspecified atom stereocenters. The van der Waals surface area contributed by atoms with Crippen LogP contribution < -0.4 is 27.8 Å². The molecule has 0 aromatic heterocycles. The summed E-state index contributed by atoms with van der Waals surface area (Å²) in [6.45, 7) is 18.1. The van der Waals surface area contributed by atoms with E-state index in [1.54, 1.807) is 19.9 Å². The number of nitrogens with one attached hydrogen (secondary N) is 2. The molecule has 28 atom stereocenters. The predicted octanol–water partition coefficient (Wildman–Crippen LogP) is -3.82. The molecule has 5 rings (SSSR count). The Kier molecular flexibility index (Phi) is 33.3. The first-order chi connectivity index (χ1) is 47.9. The van der Waals surface area contributed by atoms with Crippen molar-refractivity contribution in [2.45, 2.75) is 272 Å². The Morgan fingerprint density at radius 2 is 1.25 bits per heavy atom. The topological polar surface area (TPSA) is 605 Å². The number of carboxylic acids is 1. The van der Waals surface area contributed by atoms with Gasteiger partial charge in [-0.1, -0.05) is 73.6 Å². The molecule has 5 amide bonds. The summed E-state index contributed by atoms with van der Waals surface area (Å²) >= 11 is 0. The number of amides is 5. The Hall–Kier alpha value is -5.41. The van der Waals surface area contributed by atoms with Crippen LogP contribution in [0.15, 0.2) is 59.8 Å². The molecule has 39 heteroatoms. The van der Waals surface area contributed by atoms with Crippen molar-refractivity contribution in [3.63, 3.8) is 0 Å². The van der Waals surface area contributed by atoms with Gasteiger partial charge in [-0.25, -0.2) is 14.2 Å². The first kappa shape index (κ1) is 88.2. The third-order valence-electron chi connectivity index (χ3n) is 17.8. The molecular weight excluding hydrogens is 1400 g/mol. The molecule has 5 aliphatic heterocycles. The second-order valence-corrected chi connectivity index (χ2v) is 28.5. The Morgan fingerprint density at radius 1 is 0.689 bits per heavy atom. The highest BCUT2D eigenvalue weighted by atomic mass is 31.2. The molecule has 5 aliphatic rings. The van der Waals surface area contributed by atoms with Gasteiger partial charge in [0.25, 0.3) is 0 Å². The Balaban J connectivity index is 1.40. The highest BCUT2D eigenvalue weighted by molar-refractivity contribution is 7.47. The Morgan fingerprint density at radius 3 is 1.83 bits per heavy atom. The fraction of sp³-hybridized carbons (Fsp3) is 0.750. The number of aliphatic hydroxyl groups is 11. The number of carbonyl (C=O) groups excluding carboxylic acids is 5. The number of aliphatic carboxylic acids is 1. The van der Waals surface area contributed by atoms with Crippen molar-refractivity contribution < 1.29 is 161 Å². The molecule has 588 valence electrons. The first-order valence-electron chi connectivity index (χ1n) is 33.1. The molecule has 103 heavy (non-hydrogen) atoms. The van der Waals surface area contributed by atoms with Gasteiger partial charge in [0, 0.05) is 13.8 Å². The fourth-order valence-electron chi connectivity index (χ4n) is 11.7. The van der Waals surface area contributed by atoms with Gasteiger partial charge in [-0.2, -0.15) is 0 Å². The molecule has 0 bridgehead atoms. The van der Waals surface area contributed by atoms with Crippen LogP contribution in [0.25, 0.3) is 0 Å². The summed E-state index contributed by atoms with van der Waals surface area (Å²) in [6, 6.07) is -3.91. The minimum Gasteiger partial charge on any atom is -0.479 e. The SMILES string of the molecule is C=C(C/C=C(\C)CCC(O)C(=C)C)CCC(C)(C)/C=C/CC/C(C)=C\CO[C@H](COP(=O)(O)O[C@H]1O[C@H](C(N)=O)[C@@](C)(O)[C@H](OC(N)=O)[C@H]1O[C@@H]1O[C@H](CO[C@@H]2O[C@H](CO)[C@@H](O)[C@H](O)[C@H]2O)[C@@H](O[C@@H]2O[C@H](C)[C@@H](O[C@@H]3O[C@H](C(N)=O)[C@H](O)[C@H](O)[C@H]3O)[C@H](O)[C@H]2NC(C)=O)[C@H](O)[C@H]1NC(C)=O)C(=O)O. The summed E-state index contributed by atoms with van der Waals surface area (Å²) in [5.74, 6) is -6.43. The van der Waals surface area contributed by atoms with E-state index in [2.05, 4.69) is 49.8 Å². The highest BCUT2D eigenvalue weighted by Crippen LogP contribution is 2.49. The van der Waals surface area contributed by atoms with E-state index < -0.39 is 228 Å². The summed E-state index contributed by atoms with van der Waals surface area (Å²) in [5.41, 5.74) is 17.0. The maximum atomic E-state index is 14.1. The fourth-order valence-corrected chi connectivity index (χ4v) is 12.5. The Labute approximate surface area is 594 Å². The van der Waals surface area contributed by atoms with Gasteiger partial charge in [-0.05, 0) is 85.0 Å². The van der Waals surface area contributed by atoms with Gasteiger partial charge in [0.1, 0.15) is 90.9 Å². The number of aliphatic hydroxyl groups excluding tert-OH is 10. The van der Waals surface area contributed by atoms with Crippen LogP contribution in [-0.4, -0.2) is 293 Å². The number of rotatable bonds is 37. The van der Waals surface area contributed by atoms with E-state index in [4.69, 9.17) is 78.4 Å². The minimum atomic E-state index is -5.83. The number of primary amides is 3. The van der Waals surface area contributed by atoms with Crippen LogP contribution in [-0.2, 0) is 89.7 Å². The number of nitrogens with two attached hydrogens (primary N) is 3. The van der Waals surface area contributed by atoms with Crippen LogP contribution in [0.2, 0.25) is 0 Å². The highest BCUT2D eigenvalue weighted by Gasteiger charge is 2.62. The van der Waals surface area contributed by atoms with Crippen LogP contribution in [0, 0.1) is 5.41 Å². The van der Waals surface area contributed by atoms with E-state index >= 15 is 0 Å². The molecule has 0 radical (unpaired) electrons. The molecule has 5 fully saturated rings. The maximum absolute atomic E-state index is 14.1. The number of hydrogen-bond acceptors (Lipinski definition) is 31. The zero-order valence-corrected chi connectivity index (χ0v) is 59.6. The number of ether oxygens (including phenoxy) is 11. The molecule has 0 saturated carbocycles. The molecule has 0 aliphatic carbocycles. The van der Waals surface area contributed by atoms with Crippen LogP contribution in [0.5, 0.6) is 0 Å². The van der Waals surface area contributed by atoms with Crippen molar-refractivity contribution in [1.82, 2.24) is 10.6 Å². The molecule has 5 saturated heterocycles. The third-order valence-corrected chi connectivity index (χ3v) is 18.8. The smallest absolute Gasteiger partial charge is 0.474 e. The average Bonchev–Trinajstić information content (AvgIpc) is 0.755.